The first-order valence-corrected chi connectivity index (χ1v) is 5.82. The van der Waals surface area contributed by atoms with Crippen LogP contribution in [0.4, 0.5) is 0 Å². The van der Waals surface area contributed by atoms with E-state index in [1.165, 1.54) is 0 Å². The lowest BCUT2D eigenvalue weighted by Gasteiger charge is -2.08. The zero-order valence-corrected chi connectivity index (χ0v) is 10.7. The number of hydrogen-bond donors (Lipinski definition) is 1. The Labute approximate surface area is 106 Å². The van der Waals surface area contributed by atoms with Crippen molar-refractivity contribution < 1.29 is 4.79 Å². The van der Waals surface area contributed by atoms with Crippen LogP contribution in [0.5, 0.6) is 0 Å². The molecule has 94 valence electrons. The molecule has 2 heterocycles. The first kappa shape index (κ1) is 12.3. The number of carbonyl (C=O) groups is 1. The molecule has 0 saturated carbocycles. The second-order valence-electron chi connectivity index (χ2n) is 4.46. The van der Waals surface area contributed by atoms with Crippen LogP contribution in [0.1, 0.15) is 24.2 Å². The van der Waals surface area contributed by atoms with Gasteiger partial charge in [-0.25, -0.2) is 0 Å². The SMILES string of the molecule is CC(C)NC(=O)c1ccnc(-c2cnn(C)c2)c1. The zero-order valence-electron chi connectivity index (χ0n) is 10.7. The van der Waals surface area contributed by atoms with Gasteiger partial charge in [-0.3, -0.25) is 14.5 Å². The maximum Gasteiger partial charge on any atom is 0.251 e. The molecule has 0 bridgehead atoms. The van der Waals surface area contributed by atoms with Crippen LogP contribution < -0.4 is 5.32 Å². The van der Waals surface area contributed by atoms with E-state index in [-0.39, 0.29) is 11.9 Å². The highest BCUT2D eigenvalue weighted by atomic mass is 16.1. The van der Waals surface area contributed by atoms with Gasteiger partial charge in [-0.15, -0.1) is 0 Å². The summed E-state index contributed by atoms with van der Waals surface area (Å²) >= 11 is 0. The molecule has 0 aliphatic rings. The Hall–Kier alpha value is -2.17. The highest BCUT2D eigenvalue weighted by Gasteiger charge is 2.09. The Morgan fingerprint density at radius 1 is 1.44 bits per heavy atom. The number of rotatable bonds is 3. The van der Waals surface area contributed by atoms with Gasteiger partial charge in [0.2, 0.25) is 0 Å². The lowest BCUT2D eigenvalue weighted by Crippen LogP contribution is -2.30. The Morgan fingerprint density at radius 2 is 2.22 bits per heavy atom. The van der Waals surface area contributed by atoms with Crippen LogP contribution in [-0.2, 0) is 7.05 Å². The predicted octanol–water partition coefficient (Wildman–Crippen LogP) is 1.62. The van der Waals surface area contributed by atoms with Gasteiger partial charge in [0.15, 0.2) is 0 Å². The standard InChI is InChI=1S/C13H16N4O/c1-9(2)16-13(18)10-4-5-14-12(6-10)11-7-15-17(3)8-11/h4-9H,1-3H3,(H,16,18). The minimum atomic E-state index is -0.0856. The molecule has 0 spiro atoms. The number of nitrogens with one attached hydrogen (secondary N) is 1. The molecule has 5 nitrogen and oxygen atoms in total. The number of nitrogens with zero attached hydrogens (tertiary/aromatic N) is 3. The van der Waals surface area contributed by atoms with Gasteiger partial charge in [0.05, 0.1) is 11.9 Å². The average molecular weight is 244 g/mol. The quantitative estimate of drug-likeness (QED) is 0.892. The Morgan fingerprint density at radius 3 is 2.83 bits per heavy atom. The first-order valence-electron chi connectivity index (χ1n) is 5.82. The fourth-order valence-corrected chi connectivity index (χ4v) is 1.63. The van der Waals surface area contributed by atoms with E-state index in [1.807, 2.05) is 27.1 Å². The highest BCUT2D eigenvalue weighted by Crippen LogP contribution is 2.16. The third-order valence-corrected chi connectivity index (χ3v) is 2.44. The number of pyridine rings is 1. The van der Waals surface area contributed by atoms with E-state index >= 15 is 0 Å². The summed E-state index contributed by atoms with van der Waals surface area (Å²) in [5.41, 5.74) is 2.26. The van der Waals surface area contributed by atoms with E-state index in [0.29, 0.717) is 5.56 Å². The molecular weight excluding hydrogens is 228 g/mol. The molecule has 2 aromatic rings. The molecule has 0 saturated heterocycles. The van der Waals surface area contributed by atoms with Gasteiger partial charge in [-0.1, -0.05) is 0 Å². The summed E-state index contributed by atoms with van der Waals surface area (Å²) in [5, 5.41) is 6.95. The van der Waals surface area contributed by atoms with Crippen LogP contribution in [0.15, 0.2) is 30.7 Å². The molecule has 18 heavy (non-hydrogen) atoms. The van der Waals surface area contributed by atoms with E-state index in [1.54, 1.807) is 29.2 Å². The first-order chi connectivity index (χ1) is 8.56. The van der Waals surface area contributed by atoms with Gasteiger partial charge >= 0.3 is 0 Å². The number of aryl methyl sites for hydroxylation is 1. The largest absolute Gasteiger partial charge is 0.350 e. The highest BCUT2D eigenvalue weighted by molar-refractivity contribution is 5.95. The molecule has 0 radical (unpaired) electrons. The number of hydrogen-bond acceptors (Lipinski definition) is 3. The summed E-state index contributed by atoms with van der Waals surface area (Å²) in [6.45, 7) is 3.86. The number of amides is 1. The Balaban J connectivity index is 2.28. The molecule has 1 N–H and O–H groups in total. The van der Waals surface area contributed by atoms with E-state index in [0.717, 1.165) is 11.3 Å². The Bertz CT molecular complexity index is 560. The molecule has 2 aromatic heterocycles. The second kappa shape index (κ2) is 5.00. The van der Waals surface area contributed by atoms with Crippen molar-refractivity contribution >= 4 is 5.91 Å². The fraction of sp³-hybridized carbons (Fsp3) is 0.308. The summed E-state index contributed by atoms with van der Waals surface area (Å²) < 4.78 is 1.71. The topological polar surface area (TPSA) is 59.8 Å². The van der Waals surface area contributed by atoms with Crippen molar-refractivity contribution in [1.82, 2.24) is 20.1 Å². The predicted molar refractivity (Wildman–Crippen MR) is 69.0 cm³/mol. The monoisotopic (exact) mass is 244 g/mol. The van der Waals surface area contributed by atoms with E-state index in [9.17, 15) is 4.79 Å². The van der Waals surface area contributed by atoms with Crippen molar-refractivity contribution in [1.29, 1.82) is 0 Å². The average Bonchev–Trinajstić information content (AvgIpc) is 2.75. The third-order valence-electron chi connectivity index (χ3n) is 2.44. The molecule has 0 unspecified atom stereocenters. The van der Waals surface area contributed by atoms with Gasteiger partial charge in [-0.05, 0) is 26.0 Å². The summed E-state index contributed by atoms with van der Waals surface area (Å²) in [7, 11) is 1.85. The maximum atomic E-state index is 11.9. The molecule has 0 aromatic carbocycles. The second-order valence-corrected chi connectivity index (χ2v) is 4.46. The van der Waals surface area contributed by atoms with Crippen molar-refractivity contribution in [2.45, 2.75) is 19.9 Å². The summed E-state index contributed by atoms with van der Waals surface area (Å²) in [5.74, 6) is -0.0856. The summed E-state index contributed by atoms with van der Waals surface area (Å²) in [6, 6.07) is 3.60. The van der Waals surface area contributed by atoms with Crippen molar-refractivity contribution in [2.75, 3.05) is 0 Å². The summed E-state index contributed by atoms with van der Waals surface area (Å²) in [4.78, 5) is 16.1. The third kappa shape index (κ3) is 2.74. The van der Waals surface area contributed by atoms with Gasteiger partial charge in [0, 0.05) is 36.6 Å². The van der Waals surface area contributed by atoms with Crippen LogP contribution in [-0.4, -0.2) is 26.7 Å². The molecule has 0 aliphatic heterocycles. The molecule has 0 aliphatic carbocycles. The van der Waals surface area contributed by atoms with Gasteiger partial charge in [-0.2, -0.15) is 5.10 Å². The van der Waals surface area contributed by atoms with Crippen LogP contribution >= 0.6 is 0 Å². The van der Waals surface area contributed by atoms with E-state index in [2.05, 4.69) is 15.4 Å². The van der Waals surface area contributed by atoms with Gasteiger partial charge in [0.1, 0.15) is 0 Å². The van der Waals surface area contributed by atoms with Crippen LogP contribution in [0.2, 0.25) is 0 Å². The van der Waals surface area contributed by atoms with Crippen LogP contribution in [0, 0.1) is 0 Å². The smallest absolute Gasteiger partial charge is 0.251 e. The Kier molecular flexibility index (Phi) is 3.41. The van der Waals surface area contributed by atoms with Gasteiger partial charge < -0.3 is 5.32 Å². The molecule has 1 amide bonds. The lowest BCUT2D eigenvalue weighted by molar-refractivity contribution is 0.0943. The van der Waals surface area contributed by atoms with E-state index in [4.69, 9.17) is 0 Å². The molecule has 5 heteroatoms. The molecular formula is C13H16N4O. The van der Waals surface area contributed by atoms with Crippen molar-refractivity contribution in [3.8, 4) is 11.3 Å². The molecule has 0 atom stereocenters. The summed E-state index contributed by atoms with van der Waals surface area (Å²) in [6.07, 6.45) is 5.23. The van der Waals surface area contributed by atoms with E-state index < -0.39 is 0 Å². The maximum absolute atomic E-state index is 11.9. The van der Waals surface area contributed by atoms with Crippen molar-refractivity contribution in [3.63, 3.8) is 0 Å². The number of aromatic nitrogens is 3. The van der Waals surface area contributed by atoms with Crippen LogP contribution in [0.25, 0.3) is 11.3 Å². The van der Waals surface area contributed by atoms with Crippen molar-refractivity contribution in [3.05, 3.63) is 36.3 Å². The lowest BCUT2D eigenvalue weighted by atomic mass is 10.1. The zero-order chi connectivity index (χ0) is 13.1. The minimum Gasteiger partial charge on any atom is -0.350 e. The molecule has 0 fully saturated rings. The fourth-order valence-electron chi connectivity index (χ4n) is 1.63. The molecule has 2 rings (SSSR count). The van der Waals surface area contributed by atoms with Crippen molar-refractivity contribution in [2.24, 2.45) is 7.05 Å². The van der Waals surface area contributed by atoms with Gasteiger partial charge in [0.25, 0.3) is 5.91 Å². The van der Waals surface area contributed by atoms with Crippen LogP contribution in [0.3, 0.4) is 0 Å². The number of carbonyl (C=O) groups excluding carboxylic acids is 1. The minimum absolute atomic E-state index is 0.0856. The normalized spacial score (nSPS) is 10.7.